The van der Waals surface area contributed by atoms with Crippen molar-refractivity contribution < 1.29 is 14.7 Å². The van der Waals surface area contributed by atoms with Crippen LogP contribution in [0.25, 0.3) is 5.65 Å². The Kier molecular flexibility index (Phi) is 5.13. The predicted octanol–water partition coefficient (Wildman–Crippen LogP) is 1.12. The summed E-state index contributed by atoms with van der Waals surface area (Å²) >= 11 is 0. The number of amides is 1. The highest BCUT2D eigenvalue weighted by atomic mass is 16.4. The molecule has 9 heteroatoms. The molecule has 0 atom stereocenters. The first-order chi connectivity index (χ1) is 14.0. The van der Waals surface area contributed by atoms with E-state index in [1.165, 1.54) is 6.07 Å². The Morgan fingerprint density at radius 1 is 1.21 bits per heavy atom. The predicted molar refractivity (Wildman–Crippen MR) is 105 cm³/mol. The summed E-state index contributed by atoms with van der Waals surface area (Å²) in [6.45, 7) is 2.11. The van der Waals surface area contributed by atoms with Crippen LogP contribution in [0.4, 0.5) is 0 Å². The molecule has 9 nitrogen and oxygen atoms in total. The summed E-state index contributed by atoms with van der Waals surface area (Å²) in [5, 5.41) is 15.2. The van der Waals surface area contributed by atoms with Crippen molar-refractivity contribution in [2.24, 2.45) is 0 Å². The molecule has 3 heterocycles. The third-order valence-corrected chi connectivity index (χ3v) is 5.16. The van der Waals surface area contributed by atoms with Gasteiger partial charge in [0.2, 0.25) is 0 Å². The molecule has 29 heavy (non-hydrogen) atoms. The lowest BCUT2D eigenvalue weighted by atomic mass is 10.0. The number of carboxylic acids is 1. The van der Waals surface area contributed by atoms with Gasteiger partial charge in [-0.25, -0.2) is 14.3 Å². The van der Waals surface area contributed by atoms with E-state index in [-0.39, 0.29) is 23.3 Å². The summed E-state index contributed by atoms with van der Waals surface area (Å²) in [5.41, 5.74) is 0.208. The maximum Gasteiger partial charge on any atom is 0.343 e. The summed E-state index contributed by atoms with van der Waals surface area (Å²) in [5.74, 6) is -1.61. The molecule has 1 amide bonds. The molecule has 3 N–H and O–H groups in total. The number of carboxylic acid groups (broad SMARTS) is 1. The van der Waals surface area contributed by atoms with Gasteiger partial charge in [0.1, 0.15) is 11.3 Å². The van der Waals surface area contributed by atoms with Gasteiger partial charge < -0.3 is 15.3 Å². The SMILES string of the molecule is O=C(O)c1cnc2cc(C(=O)N(Cc3ccccc3)C3CCNCC3)[nH]n2c1=O. The summed E-state index contributed by atoms with van der Waals surface area (Å²) < 4.78 is 1.000. The van der Waals surface area contributed by atoms with Crippen molar-refractivity contribution in [3.63, 3.8) is 0 Å². The first-order valence-corrected chi connectivity index (χ1v) is 9.44. The van der Waals surface area contributed by atoms with E-state index in [1.807, 2.05) is 35.2 Å². The van der Waals surface area contributed by atoms with Gasteiger partial charge in [-0.3, -0.25) is 14.7 Å². The molecule has 1 fully saturated rings. The maximum atomic E-state index is 13.4. The first-order valence-electron chi connectivity index (χ1n) is 9.44. The van der Waals surface area contributed by atoms with E-state index in [9.17, 15) is 14.4 Å². The molecule has 2 aromatic heterocycles. The molecule has 0 saturated carbocycles. The molecule has 3 aromatic rings. The molecule has 1 aliphatic heterocycles. The number of aromatic nitrogens is 3. The van der Waals surface area contributed by atoms with Crippen molar-refractivity contribution >= 4 is 17.5 Å². The molecule has 0 bridgehead atoms. The Hall–Kier alpha value is -3.46. The van der Waals surface area contributed by atoms with Gasteiger partial charge in [-0.1, -0.05) is 30.3 Å². The van der Waals surface area contributed by atoms with Gasteiger partial charge in [0.25, 0.3) is 11.5 Å². The number of nitrogens with zero attached hydrogens (tertiary/aromatic N) is 3. The standard InChI is InChI=1S/C20H21N5O4/c26-18-15(20(28)29)11-22-17-10-16(23-25(17)18)19(27)24(14-6-8-21-9-7-14)12-13-4-2-1-3-5-13/h1-5,10-11,14,21,23H,6-9,12H2,(H,28,29). The van der Waals surface area contributed by atoms with Crippen molar-refractivity contribution in [2.45, 2.75) is 25.4 Å². The van der Waals surface area contributed by atoms with E-state index < -0.39 is 17.1 Å². The highest BCUT2D eigenvalue weighted by Gasteiger charge is 2.28. The second-order valence-electron chi connectivity index (χ2n) is 7.05. The van der Waals surface area contributed by atoms with E-state index in [2.05, 4.69) is 15.4 Å². The zero-order chi connectivity index (χ0) is 20.4. The topological polar surface area (TPSA) is 120 Å². The zero-order valence-corrected chi connectivity index (χ0v) is 15.7. The normalized spacial score (nSPS) is 14.8. The molecule has 0 aliphatic carbocycles. The second kappa shape index (κ2) is 7.88. The van der Waals surface area contributed by atoms with Gasteiger partial charge in [0, 0.05) is 24.8 Å². The molecule has 1 aliphatic rings. The second-order valence-corrected chi connectivity index (χ2v) is 7.05. The van der Waals surface area contributed by atoms with Crippen LogP contribution < -0.4 is 10.9 Å². The smallest absolute Gasteiger partial charge is 0.343 e. The fourth-order valence-corrected chi connectivity index (χ4v) is 3.64. The highest BCUT2D eigenvalue weighted by Crippen LogP contribution is 2.19. The Morgan fingerprint density at radius 3 is 2.62 bits per heavy atom. The Bertz CT molecular complexity index is 1100. The van der Waals surface area contributed by atoms with Crippen LogP contribution in [-0.2, 0) is 6.54 Å². The lowest BCUT2D eigenvalue weighted by Gasteiger charge is -2.34. The minimum atomic E-state index is -1.36. The number of hydrogen-bond acceptors (Lipinski definition) is 5. The van der Waals surface area contributed by atoms with E-state index >= 15 is 0 Å². The molecular formula is C20H21N5O4. The number of hydrogen-bond donors (Lipinski definition) is 3. The largest absolute Gasteiger partial charge is 0.477 e. The molecular weight excluding hydrogens is 374 g/mol. The van der Waals surface area contributed by atoms with Gasteiger partial charge >= 0.3 is 5.97 Å². The number of aromatic amines is 1. The summed E-state index contributed by atoms with van der Waals surface area (Å²) in [6.07, 6.45) is 2.68. The van der Waals surface area contributed by atoms with Crippen LogP contribution in [0, 0.1) is 0 Å². The van der Waals surface area contributed by atoms with Crippen molar-refractivity contribution in [2.75, 3.05) is 13.1 Å². The molecule has 0 radical (unpaired) electrons. The van der Waals surface area contributed by atoms with Crippen LogP contribution >= 0.6 is 0 Å². The fraction of sp³-hybridized carbons (Fsp3) is 0.300. The quantitative estimate of drug-likeness (QED) is 0.595. The number of piperidine rings is 1. The number of carbonyl (C=O) groups is 2. The first kappa shape index (κ1) is 18.9. The van der Waals surface area contributed by atoms with Crippen LogP contribution in [-0.4, -0.2) is 55.6 Å². The van der Waals surface area contributed by atoms with Crippen LogP contribution in [0.5, 0.6) is 0 Å². The van der Waals surface area contributed by atoms with Gasteiger partial charge in [-0.2, -0.15) is 0 Å². The lowest BCUT2D eigenvalue weighted by molar-refractivity contribution is 0.0616. The Morgan fingerprint density at radius 2 is 1.93 bits per heavy atom. The number of rotatable bonds is 5. The number of fused-ring (bicyclic) bond motifs is 1. The van der Waals surface area contributed by atoms with E-state index in [1.54, 1.807) is 0 Å². The molecule has 4 rings (SSSR count). The number of benzene rings is 1. The average Bonchev–Trinajstić information content (AvgIpc) is 3.18. The monoisotopic (exact) mass is 395 g/mol. The minimum Gasteiger partial charge on any atom is -0.477 e. The van der Waals surface area contributed by atoms with Crippen molar-refractivity contribution in [3.05, 3.63) is 69.8 Å². The Balaban J connectivity index is 1.70. The van der Waals surface area contributed by atoms with E-state index in [0.29, 0.717) is 6.54 Å². The van der Waals surface area contributed by atoms with Crippen molar-refractivity contribution in [3.8, 4) is 0 Å². The average molecular weight is 395 g/mol. The maximum absolute atomic E-state index is 13.4. The number of nitrogens with one attached hydrogen (secondary N) is 2. The Labute approximate surface area is 166 Å². The van der Waals surface area contributed by atoms with Gasteiger partial charge in [-0.05, 0) is 31.5 Å². The van der Waals surface area contributed by atoms with Crippen LogP contribution in [0.3, 0.4) is 0 Å². The van der Waals surface area contributed by atoms with Gasteiger partial charge in [0.05, 0.1) is 0 Å². The zero-order valence-electron chi connectivity index (χ0n) is 15.7. The molecule has 1 saturated heterocycles. The lowest BCUT2D eigenvalue weighted by Crippen LogP contribution is -2.45. The molecule has 0 spiro atoms. The number of aromatic carboxylic acids is 1. The highest BCUT2D eigenvalue weighted by molar-refractivity contribution is 5.93. The number of H-pyrrole nitrogens is 1. The molecule has 1 aromatic carbocycles. The van der Waals surface area contributed by atoms with E-state index in [0.717, 1.165) is 42.2 Å². The molecule has 0 unspecified atom stereocenters. The minimum absolute atomic E-state index is 0.0645. The summed E-state index contributed by atoms with van der Waals surface area (Å²) in [6, 6.07) is 11.3. The summed E-state index contributed by atoms with van der Waals surface area (Å²) in [7, 11) is 0. The fourth-order valence-electron chi connectivity index (χ4n) is 3.64. The van der Waals surface area contributed by atoms with Crippen molar-refractivity contribution in [1.29, 1.82) is 0 Å². The number of carbonyl (C=O) groups excluding carboxylic acids is 1. The third kappa shape index (κ3) is 3.77. The summed E-state index contributed by atoms with van der Waals surface area (Å²) in [4.78, 5) is 42.7. The molecule has 150 valence electrons. The van der Waals surface area contributed by atoms with Crippen LogP contribution in [0.1, 0.15) is 39.3 Å². The van der Waals surface area contributed by atoms with E-state index in [4.69, 9.17) is 5.11 Å². The van der Waals surface area contributed by atoms with Crippen molar-refractivity contribution in [1.82, 2.24) is 24.8 Å². The van der Waals surface area contributed by atoms with Crippen LogP contribution in [0.2, 0.25) is 0 Å². The van der Waals surface area contributed by atoms with Crippen LogP contribution in [0.15, 0.2) is 47.4 Å². The third-order valence-electron chi connectivity index (χ3n) is 5.16. The van der Waals surface area contributed by atoms with Gasteiger partial charge in [-0.15, -0.1) is 0 Å². The van der Waals surface area contributed by atoms with Gasteiger partial charge in [0.15, 0.2) is 5.65 Å².